The molecule has 0 saturated heterocycles. The second-order valence-corrected chi connectivity index (χ2v) is 9.45. The van der Waals surface area contributed by atoms with Gasteiger partial charge in [-0.05, 0) is 68.1 Å². The molecule has 2 heterocycles. The first kappa shape index (κ1) is 23.5. The third-order valence-electron chi connectivity index (χ3n) is 7.27. The van der Waals surface area contributed by atoms with Gasteiger partial charge >= 0.3 is 0 Å². The lowest BCUT2D eigenvalue weighted by Crippen LogP contribution is -2.36. The number of benzene rings is 1. The summed E-state index contributed by atoms with van der Waals surface area (Å²) < 4.78 is 7.21. The second kappa shape index (κ2) is 9.77. The molecule has 3 aromatic rings. The van der Waals surface area contributed by atoms with Gasteiger partial charge in [-0.25, -0.2) is 14.6 Å². The lowest BCUT2D eigenvalue weighted by Gasteiger charge is -2.23. The number of hydrogen-bond donors (Lipinski definition) is 0. The lowest BCUT2D eigenvalue weighted by atomic mass is 9.90. The number of rotatable bonds is 9. The molecule has 0 spiro atoms. The van der Waals surface area contributed by atoms with Crippen LogP contribution < -0.4 is 4.74 Å². The van der Waals surface area contributed by atoms with Gasteiger partial charge in [0.05, 0.1) is 30.3 Å². The molecule has 5 rings (SSSR count). The van der Waals surface area contributed by atoms with E-state index in [0.29, 0.717) is 24.0 Å². The maximum atomic E-state index is 13.4. The number of aromatic nitrogens is 4. The predicted octanol–water partition coefficient (Wildman–Crippen LogP) is 3.73. The van der Waals surface area contributed by atoms with Crippen molar-refractivity contribution in [2.24, 2.45) is 0 Å². The van der Waals surface area contributed by atoms with Crippen LogP contribution in [0.25, 0.3) is 17.2 Å². The molecule has 1 amide bonds. The smallest absolute Gasteiger partial charge is 0.257 e. The zero-order valence-electron chi connectivity index (χ0n) is 21.1. The molecule has 0 bridgehead atoms. The van der Waals surface area contributed by atoms with Gasteiger partial charge in [0.2, 0.25) is 0 Å². The second-order valence-electron chi connectivity index (χ2n) is 9.45. The molecule has 1 fully saturated rings. The Morgan fingerprint density at radius 3 is 2.60 bits per heavy atom. The van der Waals surface area contributed by atoms with E-state index in [-0.39, 0.29) is 5.91 Å². The van der Waals surface area contributed by atoms with Crippen LogP contribution in [-0.2, 0) is 12.8 Å². The van der Waals surface area contributed by atoms with Crippen LogP contribution in [0.3, 0.4) is 0 Å². The van der Waals surface area contributed by atoms with Gasteiger partial charge in [-0.3, -0.25) is 4.79 Å². The van der Waals surface area contributed by atoms with E-state index < -0.39 is 0 Å². The number of fused-ring (bicyclic) bond motifs is 3. The maximum Gasteiger partial charge on any atom is 0.257 e. The predicted molar refractivity (Wildman–Crippen MR) is 135 cm³/mol. The van der Waals surface area contributed by atoms with E-state index >= 15 is 0 Å². The Kier molecular flexibility index (Phi) is 6.56. The zero-order valence-corrected chi connectivity index (χ0v) is 21.1. The number of nitrogens with zero attached hydrogens (tertiary/aromatic N) is 6. The Morgan fingerprint density at radius 2 is 1.89 bits per heavy atom. The van der Waals surface area contributed by atoms with Crippen LogP contribution in [0, 0.1) is 0 Å². The van der Waals surface area contributed by atoms with Crippen molar-refractivity contribution in [2.75, 3.05) is 40.3 Å². The van der Waals surface area contributed by atoms with Crippen molar-refractivity contribution < 1.29 is 9.53 Å². The molecule has 35 heavy (non-hydrogen) atoms. The third kappa shape index (κ3) is 4.55. The van der Waals surface area contributed by atoms with Crippen molar-refractivity contribution in [3.63, 3.8) is 0 Å². The van der Waals surface area contributed by atoms with Gasteiger partial charge in [-0.15, -0.1) is 0 Å². The molecule has 2 aliphatic carbocycles. The van der Waals surface area contributed by atoms with Gasteiger partial charge in [-0.2, -0.15) is 5.10 Å². The molecule has 1 aromatic carbocycles. The fraction of sp³-hybridized carbons (Fsp3) is 0.481. The summed E-state index contributed by atoms with van der Waals surface area (Å²) in [6, 6.07) is 6.14. The highest BCUT2D eigenvalue weighted by Crippen LogP contribution is 2.43. The van der Waals surface area contributed by atoms with Crippen LogP contribution in [-0.4, -0.2) is 75.8 Å². The monoisotopic (exact) mass is 474 g/mol. The van der Waals surface area contributed by atoms with Crippen LogP contribution >= 0.6 is 0 Å². The first-order valence-corrected chi connectivity index (χ1v) is 12.6. The Balaban J connectivity index is 1.46. The molecule has 0 aliphatic heterocycles. The molecule has 184 valence electrons. The summed E-state index contributed by atoms with van der Waals surface area (Å²) in [5.41, 5.74) is 6.04. The summed E-state index contributed by atoms with van der Waals surface area (Å²) in [4.78, 5) is 27.2. The molecule has 2 aliphatic rings. The van der Waals surface area contributed by atoms with Crippen molar-refractivity contribution in [2.45, 2.75) is 45.4 Å². The molecule has 2 aromatic heterocycles. The van der Waals surface area contributed by atoms with E-state index in [1.54, 1.807) is 18.0 Å². The number of carbonyl (C=O) groups excluding carboxylic acids is 1. The lowest BCUT2D eigenvalue weighted by molar-refractivity contribution is 0.0778. The number of amides is 1. The quantitative estimate of drug-likeness (QED) is 0.470. The largest absolute Gasteiger partial charge is 0.497 e. The molecule has 0 radical (unpaired) electrons. The van der Waals surface area contributed by atoms with Crippen molar-refractivity contribution in [3.05, 3.63) is 53.0 Å². The molecule has 8 nitrogen and oxygen atoms in total. The Morgan fingerprint density at radius 1 is 1.11 bits per heavy atom. The van der Waals surface area contributed by atoms with E-state index in [2.05, 4.69) is 41.0 Å². The standard InChI is InChI=1S/C27H34N6O2/c1-5-32(6-2)14-13-31(3)26(34)23-17-29-33(25(23)18-7-8-18)27-28-16-20-10-9-19-15-21(35-4)11-12-22(19)24(20)30-27/h11-12,15-18H,5-10,13-14H2,1-4H3. The summed E-state index contributed by atoms with van der Waals surface area (Å²) in [5.74, 6) is 1.72. The number of aryl methyl sites for hydroxylation is 2. The SMILES string of the molecule is CCN(CC)CCN(C)C(=O)c1cnn(-c2ncc3c(n2)-c2ccc(OC)cc2CC3)c1C1CC1. The highest BCUT2D eigenvalue weighted by molar-refractivity contribution is 5.95. The molecule has 8 heteroatoms. The minimum absolute atomic E-state index is 0.0145. The Labute approximate surface area is 206 Å². The first-order valence-electron chi connectivity index (χ1n) is 12.6. The number of ether oxygens (including phenoxy) is 1. The van der Waals surface area contributed by atoms with Crippen molar-refractivity contribution in [1.29, 1.82) is 0 Å². The normalized spacial score (nSPS) is 14.5. The minimum atomic E-state index is 0.0145. The maximum absolute atomic E-state index is 13.4. The average molecular weight is 475 g/mol. The van der Waals surface area contributed by atoms with Crippen molar-refractivity contribution in [1.82, 2.24) is 29.5 Å². The highest BCUT2D eigenvalue weighted by atomic mass is 16.5. The number of carbonyl (C=O) groups is 1. The Hall–Kier alpha value is -3.26. The molecular formula is C27H34N6O2. The summed E-state index contributed by atoms with van der Waals surface area (Å²) >= 11 is 0. The van der Waals surface area contributed by atoms with Crippen LogP contribution in [0.4, 0.5) is 0 Å². The van der Waals surface area contributed by atoms with Crippen LogP contribution in [0.1, 0.15) is 59.8 Å². The van der Waals surface area contributed by atoms with Crippen molar-refractivity contribution >= 4 is 5.91 Å². The minimum Gasteiger partial charge on any atom is -0.497 e. The number of methoxy groups -OCH3 is 1. The van der Waals surface area contributed by atoms with Gasteiger partial charge in [0.25, 0.3) is 11.9 Å². The van der Waals surface area contributed by atoms with E-state index in [4.69, 9.17) is 9.72 Å². The van der Waals surface area contributed by atoms with Crippen molar-refractivity contribution in [3.8, 4) is 23.0 Å². The van der Waals surface area contributed by atoms with E-state index in [1.165, 1.54) is 5.56 Å². The van der Waals surface area contributed by atoms with Gasteiger partial charge < -0.3 is 14.5 Å². The summed E-state index contributed by atoms with van der Waals surface area (Å²) in [6.45, 7) is 7.80. The van der Waals surface area contributed by atoms with E-state index in [1.807, 2.05) is 24.2 Å². The summed E-state index contributed by atoms with van der Waals surface area (Å²) in [6.07, 6.45) is 7.57. The van der Waals surface area contributed by atoms with E-state index in [0.717, 1.165) is 73.6 Å². The molecule has 0 N–H and O–H groups in total. The number of hydrogen-bond acceptors (Lipinski definition) is 6. The Bertz CT molecular complexity index is 1230. The summed E-state index contributed by atoms with van der Waals surface area (Å²) in [5, 5.41) is 4.62. The molecule has 0 unspecified atom stereocenters. The zero-order chi connectivity index (χ0) is 24.5. The van der Waals surface area contributed by atoms with E-state index in [9.17, 15) is 4.79 Å². The average Bonchev–Trinajstić information content (AvgIpc) is 3.65. The number of likely N-dealkylation sites (N-methyl/N-ethyl adjacent to an activating group) is 2. The topological polar surface area (TPSA) is 76.4 Å². The van der Waals surface area contributed by atoms with Gasteiger partial charge in [0, 0.05) is 37.8 Å². The molecular weight excluding hydrogens is 440 g/mol. The highest BCUT2D eigenvalue weighted by Gasteiger charge is 2.34. The van der Waals surface area contributed by atoms with Gasteiger partial charge in [0.15, 0.2) is 0 Å². The fourth-order valence-corrected chi connectivity index (χ4v) is 4.89. The van der Waals surface area contributed by atoms with Gasteiger partial charge in [0.1, 0.15) is 5.75 Å². The van der Waals surface area contributed by atoms with Crippen LogP contribution in [0.15, 0.2) is 30.6 Å². The van der Waals surface area contributed by atoms with Gasteiger partial charge in [-0.1, -0.05) is 13.8 Å². The molecule has 1 saturated carbocycles. The molecule has 0 atom stereocenters. The fourth-order valence-electron chi connectivity index (χ4n) is 4.89. The summed E-state index contributed by atoms with van der Waals surface area (Å²) in [7, 11) is 3.57. The first-order chi connectivity index (χ1) is 17.0. The van der Waals surface area contributed by atoms with Crippen LogP contribution in [0.5, 0.6) is 5.75 Å². The van der Waals surface area contributed by atoms with Crippen LogP contribution in [0.2, 0.25) is 0 Å². The third-order valence-corrected chi connectivity index (χ3v) is 7.27.